The van der Waals surface area contributed by atoms with Crippen molar-refractivity contribution in [3.63, 3.8) is 0 Å². The van der Waals surface area contributed by atoms with Gasteiger partial charge in [0.1, 0.15) is 18.8 Å². The molecule has 6 atom stereocenters. The molecule has 0 aromatic carbocycles. The molecule has 0 bridgehead atoms. The lowest BCUT2D eigenvalue weighted by molar-refractivity contribution is -0.212. The molecule has 0 aromatic heterocycles. The van der Waals surface area contributed by atoms with Gasteiger partial charge in [0.25, 0.3) is 0 Å². The van der Waals surface area contributed by atoms with E-state index in [4.69, 9.17) is 15.4 Å². The predicted molar refractivity (Wildman–Crippen MR) is 286 cm³/mol. The SMILES string of the molecule is [2H]OP(=O)(O)O[C@H]([C@H](O)COC(=O)CCC(=O)N1CCN(C)CC1)[C@H](OC(=O)C(CCCCCCCCCCCC)CCCCCCCCCCCC)[C@@](O)(CO)NC(=O)C[C@H](O)CCCCCCCCCCC. The van der Waals surface area contributed by atoms with Crippen LogP contribution in [0.1, 0.15) is 245 Å². The van der Waals surface area contributed by atoms with Crippen LogP contribution in [0.5, 0.6) is 0 Å². The van der Waals surface area contributed by atoms with Crippen LogP contribution in [-0.4, -0.2) is 142 Å². The van der Waals surface area contributed by atoms with E-state index in [1.165, 1.54) is 89.9 Å². The van der Waals surface area contributed by atoms with Crippen LogP contribution < -0.4 is 5.32 Å². The van der Waals surface area contributed by atoms with E-state index in [2.05, 4.69) is 35.9 Å². The van der Waals surface area contributed by atoms with Crippen LogP contribution in [-0.2, 0) is 37.7 Å². The summed E-state index contributed by atoms with van der Waals surface area (Å²) in [5.41, 5.74) is -3.03. The number of nitrogens with one attached hydrogen (secondary N) is 1. The molecule has 1 rings (SSSR count). The van der Waals surface area contributed by atoms with E-state index in [1.54, 1.807) is 4.90 Å². The fraction of sp³-hybridized carbons (Fsp3) is 0.927. The molecule has 0 saturated carbocycles. The summed E-state index contributed by atoms with van der Waals surface area (Å²) in [6, 6.07) is 0. The molecule has 0 aliphatic carbocycles. The molecule has 7 N–H and O–H groups in total. The van der Waals surface area contributed by atoms with Crippen molar-refractivity contribution in [2.75, 3.05) is 46.4 Å². The number of carbonyl (C=O) groups is 4. The summed E-state index contributed by atoms with van der Waals surface area (Å²) < 4.78 is 36.7. The number of hydrogen-bond donors (Lipinski definition) is 7. The Balaban J connectivity index is 3.39. The van der Waals surface area contributed by atoms with Crippen molar-refractivity contribution in [1.82, 2.24) is 15.1 Å². The third kappa shape index (κ3) is 35.0. The van der Waals surface area contributed by atoms with Crippen LogP contribution in [0.2, 0.25) is 0 Å². The van der Waals surface area contributed by atoms with Crippen LogP contribution in [0.3, 0.4) is 0 Å². The lowest BCUT2D eigenvalue weighted by atomic mass is 9.93. The molecule has 1 heterocycles. The number of amides is 2. The number of ether oxygens (including phenoxy) is 2. The number of carbonyl (C=O) groups excluding carboxylic acids is 4. The van der Waals surface area contributed by atoms with Crippen molar-refractivity contribution in [2.24, 2.45) is 5.92 Å². The van der Waals surface area contributed by atoms with E-state index in [9.17, 15) is 49.1 Å². The third-order valence-electron chi connectivity index (χ3n) is 14.3. The van der Waals surface area contributed by atoms with Gasteiger partial charge in [-0.15, -0.1) is 0 Å². The van der Waals surface area contributed by atoms with E-state index in [-0.39, 0.29) is 25.2 Å². The van der Waals surface area contributed by atoms with Crippen LogP contribution in [0.4, 0.5) is 0 Å². The number of likely N-dealkylation sites (N-methyl/N-ethyl adjacent to an activating group) is 1. The van der Waals surface area contributed by atoms with E-state index < -0.39 is 81.4 Å². The molecule has 0 aromatic rings. The normalized spacial score (nSPS) is 16.8. The monoisotopic (exact) mass is 1060 g/mol. The van der Waals surface area contributed by atoms with Gasteiger partial charge in [0, 0.05) is 32.6 Å². The second-order valence-electron chi connectivity index (χ2n) is 21.1. The van der Waals surface area contributed by atoms with Gasteiger partial charge < -0.3 is 54.8 Å². The van der Waals surface area contributed by atoms with Gasteiger partial charge in [-0.2, -0.15) is 0 Å². The smallest absolute Gasteiger partial charge is 0.463 e. The molecule has 1 aliphatic rings. The molecule has 1 fully saturated rings. The zero-order valence-electron chi connectivity index (χ0n) is 47.1. The molecule has 18 heteroatoms. The maximum atomic E-state index is 14.5. The van der Waals surface area contributed by atoms with Crippen molar-refractivity contribution >= 4 is 31.6 Å². The van der Waals surface area contributed by atoms with E-state index >= 15 is 0 Å². The molecule has 1 unspecified atom stereocenters. The van der Waals surface area contributed by atoms with Crippen molar-refractivity contribution in [3.05, 3.63) is 0 Å². The second kappa shape index (κ2) is 42.9. The molecule has 430 valence electrons. The van der Waals surface area contributed by atoms with E-state index in [1.807, 2.05) is 7.05 Å². The van der Waals surface area contributed by atoms with Crippen LogP contribution >= 0.6 is 7.82 Å². The highest BCUT2D eigenvalue weighted by Crippen LogP contribution is 2.41. The van der Waals surface area contributed by atoms with Gasteiger partial charge in [0.15, 0.2) is 6.10 Å². The molecule has 2 amide bonds. The molecule has 1 saturated heterocycles. The topological polar surface area (TPSA) is 253 Å². The van der Waals surface area contributed by atoms with Gasteiger partial charge >= 0.3 is 19.8 Å². The number of rotatable bonds is 49. The summed E-state index contributed by atoms with van der Waals surface area (Å²) in [6.45, 7) is 6.50. The Morgan fingerprint density at radius 2 is 1.08 bits per heavy atom. The Morgan fingerprint density at radius 3 is 1.51 bits per heavy atom. The Labute approximate surface area is 442 Å². The summed E-state index contributed by atoms with van der Waals surface area (Å²) in [5.74, 6) is -3.84. The van der Waals surface area contributed by atoms with Gasteiger partial charge in [0.05, 0.1) is 31.5 Å². The molecular formula is C55H106N3O14P. The summed E-state index contributed by atoms with van der Waals surface area (Å²) in [7, 11) is -3.53. The van der Waals surface area contributed by atoms with E-state index in [0.717, 1.165) is 77.0 Å². The standard InChI is InChI=1S/C55H106N3O14P/c1-5-8-11-14-17-20-23-25-28-31-34-46(35-32-29-26-24-21-18-15-12-9-6-2)54(65)71-53(55(66,45-59)56-49(62)43-47(60)36-33-30-27-22-19-16-13-10-7-3)52(72-73(67,68)69)48(61)44-70-51(64)38-37-50(63)58-41-39-57(4)40-42-58/h46-48,52-53,59-61,66H,5-45H2,1-4H3,(H,56,62)(H2,67,68,69)/t47-,48-,52-,53+,55+/m1/s1/i/hD. The number of aliphatic hydroxyl groups is 4. The molecule has 0 spiro atoms. The first-order valence-electron chi connectivity index (χ1n) is 29.5. The first-order chi connectivity index (χ1) is 35.6. The average molecular weight is 1070 g/mol. The molecule has 73 heavy (non-hydrogen) atoms. The summed E-state index contributed by atoms with van der Waals surface area (Å²) in [6.07, 6.45) is 22.7. The Hall–Kier alpha value is -2.21. The van der Waals surface area contributed by atoms with Crippen molar-refractivity contribution < 1.29 is 68.0 Å². The number of phosphoric ester groups is 1. The highest BCUT2D eigenvalue weighted by atomic mass is 31.2. The molecule has 17 nitrogen and oxygen atoms in total. The third-order valence-corrected chi connectivity index (χ3v) is 14.8. The predicted octanol–water partition coefficient (Wildman–Crippen LogP) is 9.54. The zero-order valence-corrected chi connectivity index (χ0v) is 47.0. The van der Waals surface area contributed by atoms with Crippen LogP contribution in [0, 0.1) is 5.92 Å². The Kier molecular flexibility index (Phi) is 39.3. The van der Waals surface area contributed by atoms with Crippen LogP contribution in [0.25, 0.3) is 0 Å². The lowest BCUT2D eigenvalue weighted by Gasteiger charge is -2.40. The summed E-state index contributed by atoms with van der Waals surface area (Å²) >= 11 is 0. The summed E-state index contributed by atoms with van der Waals surface area (Å²) in [4.78, 5) is 72.1. The number of phosphoric acid groups is 1. The number of nitrogens with zero attached hydrogens (tertiary/aromatic N) is 2. The fourth-order valence-electron chi connectivity index (χ4n) is 9.54. The highest BCUT2D eigenvalue weighted by Gasteiger charge is 2.51. The number of esters is 2. The number of aliphatic hydroxyl groups excluding tert-OH is 3. The maximum Gasteiger partial charge on any atom is 0.470 e. The largest absolute Gasteiger partial charge is 0.470 e. The minimum Gasteiger partial charge on any atom is -0.463 e. The first kappa shape index (κ1) is 66.9. The average Bonchev–Trinajstić information content (AvgIpc) is 3.38. The van der Waals surface area contributed by atoms with Crippen LogP contribution in [0.15, 0.2) is 0 Å². The Bertz CT molecular complexity index is 1470. The second-order valence-corrected chi connectivity index (χ2v) is 22.2. The summed E-state index contributed by atoms with van der Waals surface area (Å²) in [5, 5.41) is 47.8. The number of unbranched alkanes of at least 4 members (excludes halogenated alkanes) is 26. The van der Waals surface area contributed by atoms with Crippen molar-refractivity contribution in [1.29, 1.82) is 1.43 Å². The van der Waals surface area contributed by atoms with Gasteiger partial charge in [-0.25, -0.2) is 4.57 Å². The molecule has 0 radical (unpaired) electrons. The first-order valence-corrected chi connectivity index (χ1v) is 30.5. The van der Waals surface area contributed by atoms with Crippen molar-refractivity contribution in [3.8, 4) is 0 Å². The van der Waals surface area contributed by atoms with Gasteiger partial charge in [-0.05, 0) is 26.3 Å². The van der Waals surface area contributed by atoms with Gasteiger partial charge in [0.2, 0.25) is 19.0 Å². The fourth-order valence-corrected chi connectivity index (χ4v) is 10.1. The molecular weight excluding hydrogens is 958 g/mol. The number of hydrogen-bond acceptors (Lipinski definition) is 14. The Morgan fingerprint density at radius 1 is 0.658 bits per heavy atom. The van der Waals surface area contributed by atoms with Crippen molar-refractivity contribution in [2.45, 2.75) is 276 Å². The van der Waals surface area contributed by atoms with Gasteiger partial charge in [-0.3, -0.25) is 23.7 Å². The van der Waals surface area contributed by atoms with Gasteiger partial charge in [-0.1, -0.05) is 207 Å². The quantitative estimate of drug-likeness (QED) is 0.0130. The highest BCUT2D eigenvalue weighted by molar-refractivity contribution is 7.46. The minimum atomic E-state index is -5.47. The van der Waals surface area contributed by atoms with E-state index in [0.29, 0.717) is 58.3 Å². The maximum absolute atomic E-state index is 14.5. The lowest BCUT2D eigenvalue weighted by Crippen LogP contribution is -2.66. The number of piperazine rings is 1. The zero-order chi connectivity index (χ0) is 54.9. The molecule has 1 aliphatic heterocycles. The minimum absolute atomic E-state index is 0.196.